The van der Waals surface area contributed by atoms with Crippen LogP contribution < -0.4 is 0 Å². The number of hydrogen-bond acceptors (Lipinski definition) is 3. The fraction of sp³-hybridized carbons (Fsp3) is 0.0714. The van der Waals surface area contributed by atoms with Gasteiger partial charge in [-0.15, -0.1) is 0 Å². The van der Waals surface area contributed by atoms with Gasteiger partial charge in [-0.2, -0.15) is 5.10 Å². The van der Waals surface area contributed by atoms with Gasteiger partial charge in [-0.25, -0.2) is 13.1 Å². The standard InChI is InChI=1S/C14H11ClN2O2S/c15-12-3-5-13(6-4-12)17-8-11-2-1-10(9-20(18)19)7-14(11)16-17/h1-8,20H,9H2. The van der Waals surface area contributed by atoms with Gasteiger partial charge in [0.25, 0.3) is 0 Å². The summed E-state index contributed by atoms with van der Waals surface area (Å²) < 4.78 is 23.3. The van der Waals surface area contributed by atoms with Crippen molar-refractivity contribution in [3.05, 3.63) is 59.2 Å². The molecule has 0 unspecified atom stereocenters. The van der Waals surface area contributed by atoms with Crippen LogP contribution in [0.15, 0.2) is 48.7 Å². The number of hydrogen-bond donors (Lipinski definition) is 1. The van der Waals surface area contributed by atoms with Gasteiger partial charge in [0, 0.05) is 16.6 Å². The van der Waals surface area contributed by atoms with Gasteiger partial charge >= 0.3 is 0 Å². The topological polar surface area (TPSA) is 52.0 Å². The molecular weight excluding hydrogens is 296 g/mol. The van der Waals surface area contributed by atoms with E-state index in [1.165, 1.54) is 0 Å². The van der Waals surface area contributed by atoms with Gasteiger partial charge in [-0.1, -0.05) is 23.7 Å². The highest BCUT2D eigenvalue weighted by molar-refractivity contribution is 7.71. The number of nitrogens with zero attached hydrogens (tertiary/aromatic N) is 2. The van der Waals surface area contributed by atoms with Crippen LogP contribution in [0.1, 0.15) is 5.56 Å². The summed E-state index contributed by atoms with van der Waals surface area (Å²) in [5.41, 5.74) is 2.42. The highest BCUT2D eigenvalue weighted by Gasteiger charge is 2.04. The normalized spacial score (nSPS) is 11.3. The van der Waals surface area contributed by atoms with Crippen LogP contribution in [0.3, 0.4) is 0 Å². The van der Waals surface area contributed by atoms with Gasteiger partial charge in [0.05, 0.1) is 17.0 Å². The molecule has 0 aliphatic heterocycles. The number of benzene rings is 2. The number of thiol groups is 1. The van der Waals surface area contributed by atoms with Gasteiger partial charge < -0.3 is 0 Å². The second-order valence-electron chi connectivity index (χ2n) is 4.43. The van der Waals surface area contributed by atoms with Gasteiger partial charge in [-0.05, 0) is 35.9 Å². The Bertz CT molecular complexity index is 830. The van der Waals surface area contributed by atoms with Gasteiger partial charge in [-0.3, -0.25) is 0 Å². The zero-order valence-corrected chi connectivity index (χ0v) is 12.0. The largest absolute Gasteiger partial charge is 0.240 e. The van der Waals surface area contributed by atoms with E-state index in [9.17, 15) is 8.42 Å². The van der Waals surface area contributed by atoms with E-state index in [-0.39, 0.29) is 5.75 Å². The lowest BCUT2D eigenvalue weighted by Crippen LogP contribution is -1.93. The first kappa shape index (κ1) is 13.1. The maximum Gasteiger partial charge on any atom is 0.144 e. The Morgan fingerprint density at radius 3 is 2.55 bits per heavy atom. The molecule has 0 atom stereocenters. The molecule has 3 aromatic rings. The van der Waals surface area contributed by atoms with E-state index in [1.807, 2.05) is 24.4 Å². The Kier molecular flexibility index (Phi) is 3.46. The van der Waals surface area contributed by atoms with E-state index in [0.717, 1.165) is 22.2 Å². The molecule has 20 heavy (non-hydrogen) atoms. The molecule has 0 N–H and O–H groups in total. The van der Waals surface area contributed by atoms with Crippen molar-refractivity contribution in [2.24, 2.45) is 0 Å². The Hall–Kier alpha value is -1.85. The predicted molar refractivity (Wildman–Crippen MR) is 80.1 cm³/mol. The summed E-state index contributed by atoms with van der Waals surface area (Å²) in [5.74, 6) is 0.0408. The lowest BCUT2D eigenvalue weighted by atomic mass is 10.2. The molecule has 0 radical (unpaired) electrons. The Morgan fingerprint density at radius 2 is 1.85 bits per heavy atom. The second kappa shape index (κ2) is 5.26. The van der Waals surface area contributed by atoms with E-state index >= 15 is 0 Å². The second-order valence-corrected chi connectivity index (χ2v) is 5.85. The molecule has 0 aliphatic rings. The van der Waals surface area contributed by atoms with E-state index in [0.29, 0.717) is 5.02 Å². The molecule has 3 rings (SSSR count). The molecule has 0 saturated carbocycles. The smallest absolute Gasteiger partial charge is 0.144 e. The Balaban J connectivity index is 2.04. The molecule has 0 saturated heterocycles. The Morgan fingerprint density at radius 1 is 1.10 bits per heavy atom. The summed E-state index contributed by atoms with van der Waals surface area (Å²) >= 11 is 5.86. The summed E-state index contributed by atoms with van der Waals surface area (Å²) in [7, 11) is -2.42. The minimum Gasteiger partial charge on any atom is -0.240 e. The first-order chi connectivity index (χ1) is 9.61. The monoisotopic (exact) mass is 306 g/mol. The summed E-state index contributed by atoms with van der Waals surface area (Å²) in [6.07, 6.45) is 1.90. The zero-order valence-electron chi connectivity index (χ0n) is 10.4. The third kappa shape index (κ3) is 2.69. The van der Waals surface area contributed by atoms with E-state index in [1.54, 1.807) is 28.9 Å². The van der Waals surface area contributed by atoms with Gasteiger partial charge in [0.2, 0.25) is 0 Å². The molecule has 4 nitrogen and oxygen atoms in total. The number of rotatable bonds is 3. The molecule has 6 heteroatoms. The average molecular weight is 307 g/mol. The molecule has 0 aliphatic carbocycles. The van der Waals surface area contributed by atoms with Crippen LogP contribution in [0.5, 0.6) is 0 Å². The molecule has 1 heterocycles. The van der Waals surface area contributed by atoms with Crippen molar-refractivity contribution in [3.63, 3.8) is 0 Å². The third-order valence-electron chi connectivity index (χ3n) is 2.97. The number of aromatic nitrogens is 2. The van der Waals surface area contributed by atoms with Crippen LogP contribution in [0.25, 0.3) is 16.6 Å². The van der Waals surface area contributed by atoms with Gasteiger partial charge in [0.15, 0.2) is 0 Å². The lowest BCUT2D eigenvalue weighted by molar-refractivity contribution is 0.614. The summed E-state index contributed by atoms with van der Waals surface area (Å²) in [4.78, 5) is 0. The molecule has 1 aromatic heterocycles. The highest BCUT2D eigenvalue weighted by Crippen LogP contribution is 2.19. The third-order valence-corrected chi connectivity index (χ3v) is 3.85. The summed E-state index contributed by atoms with van der Waals surface area (Å²) in [6.45, 7) is 0. The maximum absolute atomic E-state index is 10.8. The molecule has 0 spiro atoms. The molecule has 102 valence electrons. The van der Waals surface area contributed by atoms with Crippen LogP contribution >= 0.6 is 11.6 Å². The van der Waals surface area contributed by atoms with Crippen molar-refractivity contribution in [1.82, 2.24) is 9.78 Å². The van der Waals surface area contributed by atoms with Gasteiger partial charge in [0.1, 0.15) is 10.7 Å². The quantitative estimate of drug-likeness (QED) is 0.757. The molecule has 0 fully saturated rings. The average Bonchev–Trinajstić information content (AvgIpc) is 2.81. The minimum atomic E-state index is -2.42. The Labute approximate surface area is 122 Å². The SMILES string of the molecule is O=[SH](=O)Cc1ccc2cn(-c3ccc(Cl)cc3)nc2c1. The van der Waals surface area contributed by atoms with Crippen LogP contribution in [-0.4, -0.2) is 18.2 Å². The fourth-order valence-electron chi connectivity index (χ4n) is 2.04. The van der Waals surface area contributed by atoms with Crippen LogP contribution in [0.4, 0.5) is 0 Å². The van der Waals surface area contributed by atoms with Crippen LogP contribution in [0, 0.1) is 0 Å². The minimum absolute atomic E-state index is 0.0408. The van der Waals surface area contributed by atoms with E-state index in [2.05, 4.69) is 5.10 Å². The zero-order chi connectivity index (χ0) is 14.1. The molecular formula is C14H11ClN2O2S. The first-order valence-electron chi connectivity index (χ1n) is 5.98. The van der Waals surface area contributed by atoms with Crippen molar-refractivity contribution in [1.29, 1.82) is 0 Å². The number of fused-ring (bicyclic) bond motifs is 1. The lowest BCUT2D eigenvalue weighted by Gasteiger charge is -1.99. The van der Waals surface area contributed by atoms with Crippen molar-refractivity contribution in [3.8, 4) is 5.69 Å². The van der Waals surface area contributed by atoms with Crippen molar-refractivity contribution >= 4 is 33.2 Å². The van der Waals surface area contributed by atoms with Crippen molar-refractivity contribution in [2.75, 3.05) is 0 Å². The summed E-state index contributed by atoms with van der Waals surface area (Å²) in [6, 6.07) is 12.8. The van der Waals surface area contributed by atoms with Crippen LogP contribution in [0.2, 0.25) is 5.02 Å². The van der Waals surface area contributed by atoms with Crippen LogP contribution in [-0.2, 0) is 16.5 Å². The fourth-order valence-corrected chi connectivity index (χ4v) is 2.66. The molecule has 2 aromatic carbocycles. The summed E-state index contributed by atoms with van der Waals surface area (Å²) in [5, 5.41) is 6.09. The predicted octanol–water partition coefficient (Wildman–Crippen LogP) is 2.79. The highest BCUT2D eigenvalue weighted by atomic mass is 35.5. The van der Waals surface area contributed by atoms with E-state index in [4.69, 9.17) is 11.6 Å². The molecule has 0 amide bonds. The van der Waals surface area contributed by atoms with E-state index < -0.39 is 10.7 Å². The number of halogens is 1. The maximum atomic E-state index is 10.8. The van der Waals surface area contributed by atoms with Crippen molar-refractivity contribution in [2.45, 2.75) is 5.75 Å². The molecule has 0 bridgehead atoms. The van der Waals surface area contributed by atoms with Crippen molar-refractivity contribution < 1.29 is 8.42 Å². The first-order valence-corrected chi connectivity index (χ1v) is 7.72.